The van der Waals surface area contributed by atoms with E-state index in [0.29, 0.717) is 15.7 Å². The van der Waals surface area contributed by atoms with Crippen LogP contribution in [0, 0.1) is 0 Å². The second-order valence-corrected chi connectivity index (χ2v) is 8.91. The number of likely N-dealkylation sites (N-methyl/N-ethyl adjacent to an activating group) is 1. The zero-order valence-electron chi connectivity index (χ0n) is 14.8. The number of carbonyl (C=O) groups is 1. The molecule has 0 spiro atoms. The number of halogens is 1. The predicted octanol–water partition coefficient (Wildman–Crippen LogP) is 2.53. The fraction of sp³-hybridized carbons (Fsp3) is 0.278. The Labute approximate surface area is 162 Å². The Morgan fingerprint density at radius 2 is 1.85 bits per heavy atom. The lowest BCUT2D eigenvalue weighted by Crippen LogP contribution is -2.54. The van der Waals surface area contributed by atoms with Crippen LogP contribution in [0.5, 0.6) is 0 Å². The minimum atomic E-state index is -3.75. The summed E-state index contributed by atoms with van der Waals surface area (Å²) in [4.78, 5) is 13.0. The molecule has 2 aromatic rings. The zero-order valence-corrected chi connectivity index (χ0v) is 17.2. The number of hydrogen-bond donors (Lipinski definition) is 1. The van der Waals surface area contributed by atoms with Crippen molar-refractivity contribution in [2.75, 3.05) is 26.1 Å². The standard InChI is InChI=1S/C18H21BrN2O4S/c1-21(26(3,23)24)18(17(22)25-2,12-13-7-5-4-6-8-13)15-11-14(19)9-10-16(15)20/h4-11H,12,20H2,1-3H3/t18-/m1/s1. The zero-order chi connectivity index (χ0) is 19.5. The van der Waals surface area contributed by atoms with Crippen LogP contribution in [0.15, 0.2) is 53.0 Å². The van der Waals surface area contributed by atoms with Gasteiger partial charge in [-0.3, -0.25) is 0 Å². The minimum absolute atomic E-state index is 0.0741. The lowest BCUT2D eigenvalue weighted by Gasteiger charge is -2.39. The van der Waals surface area contributed by atoms with Gasteiger partial charge >= 0.3 is 5.97 Å². The Hall–Kier alpha value is -1.90. The number of ether oxygens (including phenoxy) is 1. The maximum Gasteiger partial charge on any atom is 0.332 e. The van der Waals surface area contributed by atoms with Gasteiger partial charge in [-0.1, -0.05) is 46.3 Å². The van der Waals surface area contributed by atoms with Gasteiger partial charge in [-0.15, -0.1) is 0 Å². The van der Waals surface area contributed by atoms with Gasteiger partial charge in [0.15, 0.2) is 5.54 Å². The van der Waals surface area contributed by atoms with E-state index in [0.717, 1.165) is 16.1 Å². The van der Waals surface area contributed by atoms with Crippen molar-refractivity contribution in [1.29, 1.82) is 0 Å². The Balaban J connectivity index is 2.84. The Kier molecular flexibility index (Phi) is 6.10. The number of nitrogens with zero attached hydrogens (tertiary/aromatic N) is 1. The number of carbonyl (C=O) groups excluding carboxylic acids is 1. The van der Waals surface area contributed by atoms with Crippen LogP contribution in [0.25, 0.3) is 0 Å². The lowest BCUT2D eigenvalue weighted by molar-refractivity contribution is -0.152. The topological polar surface area (TPSA) is 89.7 Å². The Morgan fingerprint density at radius 1 is 1.23 bits per heavy atom. The van der Waals surface area contributed by atoms with Crippen molar-refractivity contribution in [2.45, 2.75) is 12.0 Å². The summed E-state index contributed by atoms with van der Waals surface area (Å²) < 4.78 is 31.6. The molecule has 1 atom stereocenters. The van der Waals surface area contributed by atoms with Crippen molar-refractivity contribution in [3.8, 4) is 0 Å². The highest BCUT2D eigenvalue weighted by molar-refractivity contribution is 9.10. The summed E-state index contributed by atoms with van der Waals surface area (Å²) >= 11 is 3.37. The molecule has 0 aliphatic heterocycles. The fourth-order valence-electron chi connectivity index (χ4n) is 2.92. The Morgan fingerprint density at radius 3 is 2.38 bits per heavy atom. The van der Waals surface area contributed by atoms with E-state index in [1.165, 1.54) is 14.2 Å². The molecule has 0 amide bonds. The van der Waals surface area contributed by atoms with Gasteiger partial charge < -0.3 is 10.5 Å². The molecule has 2 N–H and O–H groups in total. The van der Waals surface area contributed by atoms with Crippen molar-refractivity contribution < 1.29 is 17.9 Å². The van der Waals surface area contributed by atoms with Crippen LogP contribution < -0.4 is 5.73 Å². The summed E-state index contributed by atoms with van der Waals surface area (Å²) in [6.45, 7) is 0. The van der Waals surface area contributed by atoms with Gasteiger partial charge in [0.25, 0.3) is 0 Å². The molecule has 0 fully saturated rings. The quantitative estimate of drug-likeness (QED) is 0.550. The number of sulfonamides is 1. The highest BCUT2D eigenvalue weighted by atomic mass is 79.9. The number of hydrogen-bond acceptors (Lipinski definition) is 5. The molecule has 8 heteroatoms. The first kappa shape index (κ1) is 20.4. The molecular weight excluding hydrogens is 420 g/mol. The average molecular weight is 441 g/mol. The molecule has 0 aliphatic rings. The molecule has 0 saturated heterocycles. The molecule has 2 aromatic carbocycles. The van der Waals surface area contributed by atoms with Gasteiger partial charge in [0.05, 0.1) is 13.4 Å². The third-order valence-corrected chi connectivity index (χ3v) is 6.12. The molecule has 0 saturated carbocycles. The van der Waals surface area contributed by atoms with Crippen molar-refractivity contribution in [3.63, 3.8) is 0 Å². The maximum absolute atomic E-state index is 13.0. The molecule has 0 aromatic heterocycles. The van der Waals surface area contributed by atoms with E-state index >= 15 is 0 Å². The SMILES string of the molecule is COC(=O)[C@@](Cc1ccccc1)(c1cc(Br)ccc1N)N(C)S(C)(=O)=O. The second-order valence-electron chi connectivity index (χ2n) is 5.98. The van der Waals surface area contributed by atoms with Crippen LogP contribution in [0.3, 0.4) is 0 Å². The van der Waals surface area contributed by atoms with E-state index < -0.39 is 21.5 Å². The van der Waals surface area contributed by atoms with Crippen molar-refractivity contribution in [2.24, 2.45) is 0 Å². The van der Waals surface area contributed by atoms with E-state index in [1.807, 2.05) is 30.3 Å². The smallest absolute Gasteiger partial charge is 0.332 e. The summed E-state index contributed by atoms with van der Waals surface area (Å²) in [6.07, 6.45) is 1.12. The summed E-state index contributed by atoms with van der Waals surface area (Å²) in [5, 5.41) is 0. The summed E-state index contributed by atoms with van der Waals surface area (Å²) in [6, 6.07) is 14.1. The number of benzene rings is 2. The van der Waals surface area contributed by atoms with E-state index in [4.69, 9.17) is 10.5 Å². The van der Waals surface area contributed by atoms with Crippen molar-refractivity contribution in [1.82, 2.24) is 4.31 Å². The monoisotopic (exact) mass is 440 g/mol. The highest BCUT2D eigenvalue weighted by Gasteiger charge is 2.50. The minimum Gasteiger partial charge on any atom is -0.467 e. The van der Waals surface area contributed by atoms with Gasteiger partial charge in [-0.25, -0.2) is 13.2 Å². The molecule has 2 rings (SSSR count). The van der Waals surface area contributed by atoms with Gasteiger partial charge in [-0.05, 0) is 23.8 Å². The number of anilines is 1. The van der Waals surface area contributed by atoms with Crippen LogP contribution in [0.4, 0.5) is 5.69 Å². The molecule has 140 valence electrons. The molecule has 6 nitrogen and oxygen atoms in total. The third kappa shape index (κ3) is 3.92. The molecule has 0 aliphatic carbocycles. The van der Waals surface area contributed by atoms with Gasteiger partial charge in [-0.2, -0.15) is 4.31 Å². The van der Waals surface area contributed by atoms with Crippen molar-refractivity contribution in [3.05, 3.63) is 64.1 Å². The van der Waals surface area contributed by atoms with Gasteiger partial charge in [0.2, 0.25) is 10.0 Å². The highest BCUT2D eigenvalue weighted by Crippen LogP contribution is 2.39. The molecule has 26 heavy (non-hydrogen) atoms. The first-order valence-corrected chi connectivity index (χ1v) is 10.4. The maximum atomic E-state index is 13.0. The molecule has 0 radical (unpaired) electrons. The molecule has 0 bridgehead atoms. The first-order valence-electron chi connectivity index (χ1n) is 7.74. The van der Waals surface area contributed by atoms with Crippen LogP contribution >= 0.6 is 15.9 Å². The summed E-state index contributed by atoms with van der Waals surface area (Å²) in [5.41, 5.74) is 5.94. The van der Waals surface area contributed by atoms with E-state index in [2.05, 4.69) is 15.9 Å². The number of methoxy groups -OCH3 is 1. The Bertz CT molecular complexity index is 903. The second kappa shape index (κ2) is 7.77. The van der Waals surface area contributed by atoms with E-state index in [1.54, 1.807) is 18.2 Å². The fourth-order valence-corrected chi connectivity index (χ4v) is 4.08. The molecule has 0 heterocycles. The third-order valence-electron chi connectivity index (χ3n) is 4.32. The molecular formula is C18H21BrN2O4S. The predicted molar refractivity (Wildman–Crippen MR) is 105 cm³/mol. The van der Waals surface area contributed by atoms with Crippen LogP contribution in [-0.2, 0) is 31.5 Å². The average Bonchev–Trinajstić information content (AvgIpc) is 2.60. The van der Waals surface area contributed by atoms with Gasteiger partial charge in [0.1, 0.15) is 0 Å². The number of rotatable bonds is 6. The lowest BCUT2D eigenvalue weighted by atomic mass is 9.82. The van der Waals surface area contributed by atoms with Crippen molar-refractivity contribution >= 4 is 37.6 Å². The number of esters is 1. The van der Waals surface area contributed by atoms with E-state index in [-0.39, 0.29) is 6.42 Å². The van der Waals surface area contributed by atoms with Crippen LogP contribution in [0.1, 0.15) is 11.1 Å². The van der Waals surface area contributed by atoms with Gasteiger partial charge in [0, 0.05) is 29.2 Å². The number of nitrogens with two attached hydrogens (primary N) is 1. The van der Waals surface area contributed by atoms with Crippen LogP contribution in [0.2, 0.25) is 0 Å². The largest absolute Gasteiger partial charge is 0.467 e. The first-order chi connectivity index (χ1) is 12.1. The van der Waals surface area contributed by atoms with E-state index in [9.17, 15) is 13.2 Å². The van der Waals surface area contributed by atoms with Crippen LogP contribution in [-0.4, -0.2) is 39.1 Å². The normalized spacial score (nSPS) is 14.0. The number of nitrogen functional groups attached to an aromatic ring is 1. The molecule has 0 unspecified atom stereocenters. The summed E-state index contributed by atoms with van der Waals surface area (Å²) in [5.74, 6) is -0.709. The summed E-state index contributed by atoms with van der Waals surface area (Å²) in [7, 11) is -1.17.